The van der Waals surface area contributed by atoms with Crippen LogP contribution in [0.4, 0.5) is 0 Å². The van der Waals surface area contributed by atoms with Crippen LogP contribution in [0.2, 0.25) is 0 Å². The highest BCUT2D eigenvalue weighted by atomic mass is 16.5. The SMILES string of the molecule is CCOC(=O)C(O)C1CCC2(CCCC2)CC1. The molecule has 0 aromatic heterocycles. The molecule has 0 saturated heterocycles. The zero-order valence-electron chi connectivity index (χ0n) is 10.8. The van der Waals surface area contributed by atoms with Gasteiger partial charge in [0.2, 0.25) is 0 Å². The Bertz CT molecular complexity index is 259. The Hall–Kier alpha value is -0.570. The molecule has 2 aliphatic carbocycles. The van der Waals surface area contributed by atoms with Gasteiger partial charge in [-0.1, -0.05) is 12.8 Å². The molecular weight excluding hydrogens is 216 g/mol. The van der Waals surface area contributed by atoms with Gasteiger partial charge in [0.25, 0.3) is 0 Å². The molecule has 0 aromatic rings. The van der Waals surface area contributed by atoms with Gasteiger partial charge >= 0.3 is 5.97 Å². The maximum Gasteiger partial charge on any atom is 0.335 e. The lowest BCUT2D eigenvalue weighted by Crippen LogP contribution is -2.36. The van der Waals surface area contributed by atoms with E-state index in [1.165, 1.54) is 38.5 Å². The second kappa shape index (κ2) is 5.38. The van der Waals surface area contributed by atoms with Crippen LogP contribution < -0.4 is 0 Å². The fourth-order valence-electron chi connectivity index (χ4n) is 3.61. The Morgan fingerprint density at radius 3 is 2.41 bits per heavy atom. The first-order valence-electron chi connectivity index (χ1n) is 7.01. The lowest BCUT2D eigenvalue weighted by Gasteiger charge is -2.38. The summed E-state index contributed by atoms with van der Waals surface area (Å²) in [6.45, 7) is 2.13. The second-order valence-corrected chi connectivity index (χ2v) is 5.74. The third kappa shape index (κ3) is 2.82. The molecule has 1 unspecified atom stereocenters. The second-order valence-electron chi connectivity index (χ2n) is 5.74. The standard InChI is InChI=1S/C14H24O3/c1-2-17-13(16)12(15)11-5-9-14(10-6-11)7-3-4-8-14/h11-12,15H,2-10H2,1H3. The zero-order valence-corrected chi connectivity index (χ0v) is 10.8. The smallest absolute Gasteiger partial charge is 0.335 e. The molecule has 98 valence electrons. The van der Waals surface area contributed by atoms with Gasteiger partial charge in [0.05, 0.1) is 6.61 Å². The Labute approximate surface area is 104 Å². The van der Waals surface area contributed by atoms with Gasteiger partial charge in [-0.05, 0) is 56.8 Å². The van der Waals surface area contributed by atoms with Crippen molar-refractivity contribution >= 4 is 5.97 Å². The van der Waals surface area contributed by atoms with Crippen molar-refractivity contribution in [3.05, 3.63) is 0 Å². The van der Waals surface area contributed by atoms with E-state index in [1.54, 1.807) is 6.92 Å². The molecule has 3 heteroatoms. The third-order valence-corrected chi connectivity index (χ3v) is 4.73. The summed E-state index contributed by atoms with van der Waals surface area (Å²) in [5.74, 6) is -0.305. The summed E-state index contributed by atoms with van der Waals surface area (Å²) in [5, 5.41) is 9.93. The van der Waals surface area contributed by atoms with Crippen LogP contribution in [0, 0.1) is 11.3 Å². The van der Waals surface area contributed by atoms with Crippen molar-refractivity contribution in [1.82, 2.24) is 0 Å². The largest absolute Gasteiger partial charge is 0.464 e. The van der Waals surface area contributed by atoms with Crippen molar-refractivity contribution in [2.24, 2.45) is 11.3 Å². The van der Waals surface area contributed by atoms with E-state index in [1.807, 2.05) is 0 Å². The van der Waals surface area contributed by atoms with E-state index in [2.05, 4.69) is 0 Å². The van der Waals surface area contributed by atoms with Gasteiger partial charge < -0.3 is 9.84 Å². The molecule has 0 aliphatic heterocycles. The van der Waals surface area contributed by atoms with Gasteiger partial charge in [-0.25, -0.2) is 4.79 Å². The minimum atomic E-state index is -0.895. The summed E-state index contributed by atoms with van der Waals surface area (Å²) in [5.41, 5.74) is 0.560. The molecule has 2 rings (SSSR count). The predicted molar refractivity (Wildman–Crippen MR) is 65.5 cm³/mol. The van der Waals surface area contributed by atoms with Crippen molar-refractivity contribution in [3.63, 3.8) is 0 Å². The van der Waals surface area contributed by atoms with Gasteiger partial charge in [0.1, 0.15) is 0 Å². The van der Waals surface area contributed by atoms with Gasteiger partial charge in [0, 0.05) is 0 Å². The molecule has 2 saturated carbocycles. The van der Waals surface area contributed by atoms with E-state index < -0.39 is 12.1 Å². The average molecular weight is 240 g/mol. The number of esters is 1. The third-order valence-electron chi connectivity index (χ3n) is 4.73. The van der Waals surface area contributed by atoms with Crippen molar-refractivity contribution in [3.8, 4) is 0 Å². The molecule has 1 spiro atoms. The van der Waals surface area contributed by atoms with E-state index in [0.717, 1.165) is 12.8 Å². The number of hydrogen-bond donors (Lipinski definition) is 1. The molecule has 0 amide bonds. The summed E-state index contributed by atoms with van der Waals surface area (Å²) in [7, 11) is 0. The highest BCUT2D eigenvalue weighted by Crippen LogP contribution is 2.50. The Morgan fingerprint density at radius 1 is 1.29 bits per heavy atom. The van der Waals surface area contributed by atoms with E-state index >= 15 is 0 Å². The number of rotatable bonds is 3. The van der Waals surface area contributed by atoms with Gasteiger partial charge in [-0.2, -0.15) is 0 Å². The van der Waals surface area contributed by atoms with Crippen molar-refractivity contribution in [1.29, 1.82) is 0 Å². The Kier molecular flexibility index (Phi) is 4.08. The summed E-state index contributed by atoms with van der Waals surface area (Å²) in [6.07, 6.45) is 8.90. The lowest BCUT2D eigenvalue weighted by atomic mass is 9.68. The molecule has 2 fully saturated rings. The predicted octanol–water partition coefficient (Wildman–Crippen LogP) is 2.66. The first-order valence-corrected chi connectivity index (χ1v) is 7.01. The molecule has 1 N–H and O–H groups in total. The molecular formula is C14H24O3. The van der Waals surface area contributed by atoms with E-state index in [9.17, 15) is 9.90 Å². The number of ether oxygens (including phenoxy) is 1. The van der Waals surface area contributed by atoms with E-state index in [4.69, 9.17) is 4.74 Å². The number of hydrogen-bond acceptors (Lipinski definition) is 3. The summed E-state index contributed by atoms with van der Waals surface area (Å²) >= 11 is 0. The van der Waals surface area contributed by atoms with Crippen LogP contribution in [-0.2, 0) is 9.53 Å². The maximum atomic E-state index is 11.5. The van der Waals surface area contributed by atoms with Crippen LogP contribution in [0.3, 0.4) is 0 Å². The van der Waals surface area contributed by atoms with Crippen molar-refractivity contribution in [2.45, 2.75) is 64.4 Å². The minimum absolute atomic E-state index is 0.125. The van der Waals surface area contributed by atoms with Crippen LogP contribution in [-0.4, -0.2) is 23.8 Å². The number of carbonyl (C=O) groups is 1. The highest BCUT2D eigenvalue weighted by Gasteiger charge is 2.40. The minimum Gasteiger partial charge on any atom is -0.464 e. The van der Waals surface area contributed by atoms with E-state index in [-0.39, 0.29) is 5.92 Å². The lowest BCUT2D eigenvalue weighted by molar-refractivity contribution is -0.157. The van der Waals surface area contributed by atoms with Crippen molar-refractivity contribution in [2.75, 3.05) is 6.61 Å². The fraction of sp³-hybridized carbons (Fsp3) is 0.929. The first kappa shape index (κ1) is 12.9. The number of carbonyl (C=O) groups excluding carboxylic acids is 1. The van der Waals surface area contributed by atoms with Crippen LogP contribution in [0.15, 0.2) is 0 Å². The molecule has 0 bridgehead atoms. The molecule has 0 aromatic carbocycles. The number of aliphatic hydroxyl groups is 1. The van der Waals surface area contributed by atoms with Crippen LogP contribution >= 0.6 is 0 Å². The molecule has 0 heterocycles. The quantitative estimate of drug-likeness (QED) is 0.771. The average Bonchev–Trinajstić information content (AvgIpc) is 2.78. The van der Waals surface area contributed by atoms with Crippen LogP contribution in [0.25, 0.3) is 0 Å². The highest BCUT2D eigenvalue weighted by molar-refractivity contribution is 5.74. The fourth-order valence-corrected chi connectivity index (χ4v) is 3.61. The Balaban J connectivity index is 1.83. The van der Waals surface area contributed by atoms with Crippen LogP contribution in [0.5, 0.6) is 0 Å². The Morgan fingerprint density at radius 2 is 1.88 bits per heavy atom. The molecule has 2 aliphatic rings. The summed E-state index contributed by atoms with van der Waals surface area (Å²) in [4.78, 5) is 11.5. The van der Waals surface area contributed by atoms with Gasteiger partial charge in [0.15, 0.2) is 6.10 Å². The normalized spacial score (nSPS) is 26.0. The van der Waals surface area contributed by atoms with E-state index in [0.29, 0.717) is 12.0 Å². The van der Waals surface area contributed by atoms with Crippen LogP contribution in [0.1, 0.15) is 58.3 Å². The molecule has 0 radical (unpaired) electrons. The molecule has 1 atom stereocenters. The summed E-state index contributed by atoms with van der Waals surface area (Å²) in [6, 6.07) is 0. The molecule has 3 nitrogen and oxygen atoms in total. The summed E-state index contributed by atoms with van der Waals surface area (Å²) < 4.78 is 4.88. The van der Waals surface area contributed by atoms with Gasteiger partial charge in [-0.3, -0.25) is 0 Å². The maximum absolute atomic E-state index is 11.5. The zero-order chi connectivity index (χ0) is 12.3. The topological polar surface area (TPSA) is 46.5 Å². The molecule has 17 heavy (non-hydrogen) atoms. The van der Waals surface area contributed by atoms with Crippen molar-refractivity contribution < 1.29 is 14.6 Å². The first-order chi connectivity index (χ1) is 8.17. The number of aliphatic hydroxyl groups excluding tert-OH is 1. The monoisotopic (exact) mass is 240 g/mol. The van der Waals surface area contributed by atoms with Gasteiger partial charge in [-0.15, -0.1) is 0 Å².